The maximum atomic E-state index is 12.7. The molecule has 33 heavy (non-hydrogen) atoms. The summed E-state index contributed by atoms with van der Waals surface area (Å²) in [7, 11) is 0. The molecule has 0 saturated carbocycles. The number of anilines is 1. The molecule has 3 heterocycles. The second-order valence-corrected chi connectivity index (χ2v) is 9.49. The van der Waals surface area contributed by atoms with E-state index in [0.29, 0.717) is 13.1 Å². The molecule has 1 N–H and O–H groups in total. The molecule has 0 bridgehead atoms. The zero-order chi connectivity index (χ0) is 23.0. The van der Waals surface area contributed by atoms with Gasteiger partial charge in [-0.1, -0.05) is 41.7 Å². The third-order valence-corrected chi connectivity index (χ3v) is 7.00. The summed E-state index contributed by atoms with van der Waals surface area (Å²) < 4.78 is 0. The molecule has 0 aliphatic carbocycles. The number of carbonyl (C=O) groups is 2. The average Bonchev–Trinajstić information content (AvgIpc) is 3.11. The molecule has 2 amide bonds. The number of hydrogen-bond donors (Lipinski definition) is 1. The van der Waals surface area contributed by atoms with Gasteiger partial charge in [0.05, 0.1) is 0 Å². The van der Waals surface area contributed by atoms with Crippen LogP contribution < -0.4 is 10.2 Å². The first-order valence-electron chi connectivity index (χ1n) is 11.7. The fourth-order valence-electron chi connectivity index (χ4n) is 4.08. The number of fused-ring (bicyclic) bond motifs is 1. The molecule has 0 unspecified atom stereocenters. The molecule has 8 heteroatoms. The zero-order valence-corrected chi connectivity index (χ0v) is 19.9. The van der Waals surface area contributed by atoms with Gasteiger partial charge < -0.3 is 15.1 Å². The number of carbonyl (C=O) groups excluding carboxylic acids is 2. The first kappa shape index (κ1) is 23.2. The lowest BCUT2D eigenvalue weighted by Gasteiger charge is -2.22. The van der Waals surface area contributed by atoms with Gasteiger partial charge in [-0.2, -0.15) is 0 Å². The van der Waals surface area contributed by atoms with E-state index in [9.17, 15) is 9.59 Å². The summed E-state index contributed by atoms with van der Waals surface area (Å²) in [5, 5.41) is 3.99. The van der Waals surface area contributed by atoms with Crippen molar-refractivity contribution in [2.75, 3.05) is 31.1 Å². The highest BCUT2D eigenvalue weighted by molar-refractivity contribution is 7.21. The molecule has 0 radical (unpaired) electrons. The Morgan fingerprint density at radius 3 is 2.73 bits per heavy atom. The minimum atomic E-state index is -0.0534. The van der Waals surface area contributed by atoms with Gasteiger partial charge >= 0.3 is 0 Å². The monoisotopic (exact) mass is 465 g/mol. The second kappa shape index (κ2) is 11.2. The van der Waals surface area contributed by atoms with Crippen molar-refractivity contribution in [3.63, 3.8) is 0 Å². The van der Waals surface area contributed by atoms with Crippen LogP contribution >= 0.6 is 11.3 Å². The van der Waals surface area contributed by atoms with Crippen LogP contribution in [0.25, 0.3) is 10.3 Å². The predicted molar refractivity (Wildman–Crippen MR) is 132 cm³/mol. The molecule has 1 aromatic carbocycles. The maximum Gasteiger partial charge on any atom is 0.223 e. The lowest BCUT2D eigenvalue weighted by Crippen LogP contribution is -2.37. The van der Waals surface area contributed by atoms with Crippen LogP contribution in [-0.2, 0) is 16.0 Å². The second-order valence-electron chi connectivity index (χ2n) is 8.54. The first-order chi connectivity index (χ1) is 16.1. The van der Waals surface area contributed by atoms with Crippen LogP contribution in [0.1, 0.15) is 38.2 Å². The van der Waals surface area contributed by atoms with Crippen molar-refractivity contribution in [3.05, 3.63) is 54.2 Å². The lowest BCUT2D eigenvalue weighted by atomic mass is 10.1. The number of hydrogen-bond acceptors (Lipinski definition) is 6. The molecular formula is C25H31N5O2S. The average molecular weight is 466 g/mol. The summed E-state index contributed by atoms with van der Waals surface area (Å²) in [6.45, 7) is 4.99. The number of thiazole rings is 1. The van der Waals surface area contributed by atoms with Gasteiger partial charge in [-0.15, -0.1) is 0 Å². The van der Waals surface area contributed by atoms with E-state index in [1.54, 1.807) is 17.5 Å². The van der Waals surface area contributed by atoms with E-state index in [1.165, 1.54) is 5.56 Å². The van der Waals surface area contributed by atoms with Crippen LogP contribution in [0.5, 0.6) is 0 Å². The lowest BCUT2D eigenvalue weighted by molar-refractivity contribution is -0.133. The molecule has 174 valence electrons. The summed E-state index contributed by atoms with van der Waals surface area (Å²) in [5.41, 5.74) is 2.18. The number of nitrogens with zero attached hydrogens (tertiary/aromatic N) is 4. The van der Waals surface area contributed by atoms with Crippen LogP contribution in [0.4, 0.5) is 5.13 Å². The number of amides is 2. The normalized spacial score (nSPS) is 15.3. The van der Waals surface area contributed by atoms with E-state index in [0.717, 1.165) is 47.8 Å². The number of benzene rings is 1. The highest BCUT2D eigenvalue weighted by Crippen LogP contribution is 2.27. The standard InChI is InChI=1S/C25H31N5O2S/c1-19(10-11-20-7-3-2-4-8-20)27-22(31)12-13-23(32)29-15-6-16-30(18-17-29)25-28-21-9-5-14-26-24(21)33-25/h2-5,7-9,14,19H,6,10-13,15-18H2,1H3,(H,27,31)/t19-/m1/s1. The molecule has 2 aromatic heterocycles. The van der Waals surface area contributed by atoms with Crippen molar-refractivity contribution >= 4 is 38.6 Å². The Morgan fingerprint density at radius 2 is 1.91 bits per heavy atom. The number of aryl methyl sites for hydroxylation is 1. The summed E-state index contributed by atoms with van der Waals surface area (Å²) in [6, 6.07) is 14.2. The van der Waals surface area contributed by atoms with Gasteiger partial charge in [0.1, 0.15) is 10.3 Å². The minimum Gasteiger partial charge on any atom is -0.354 e. The Labute approximate surface area is 198 Å². The summed E-state index contributed by atoms with van der Waals surface area (Å²) in [5.74, 6) is -0.00255. The van der Waals surface area contributed by atoms with Crippen molar-refractivity contribution in [1.82, 2.24) is 20.2 Å². The molecule has 1 aliphatic rings. The number of rotatable bonds is 8. The summed E-state index contributed by atoms with van der Waals surface area (Å²) in [6.07, 6.45) is 4.97. The molecule has 0 spiro atoms. The van der Waals surface area contributed by atoms with Crippen LogP contribution in [0.3, 0.4) is 0 Å². The van der Waals surface area contributed by atoms with Crippen LogP contribution in [0, 0.1) is 0 Å². The molecular weight excluding hydrogens is 434 g/mol. The molecule has 1 saturated heterocycles. The van der Waals surface area contributed by atoms with E-state index in [2.05, 4.69) is 27.3 Å². The van der Waals surface area contributed by atoms with Crippen LogP contribution in [0.15, 0.2) is 48.7 Å². The Balaban J connectivity index is 1.19. The Hall–Kier alpha value is -3.00. The molecule has 1 atom stereocenters. The number of nitrogens with one attached hydrogen (secondary N) is 1. The molecule has 1 aliphatic heterocycles. The summed E-state index contributed by atoms with van der Waals surface area (Å²) in [4.78, 5) is 39.2. The molecule has 4 rings (SSSR count). The van der Waals surface area contributed by atoms with E-state index in [-0.39, 0.29) is 30.7 Å². The molecule has 3 aromatic rings. The van der Waals surface area contributed by atoms with Crippen molar-refractivity contribution in [3.8, 4) is 0 Å². The smallest absolute Gasteiger partial charge is 0.223 e. The quantitative estimate of drug-likeness (QED) is 0.549. The molecule has 1 fully saturated rings. The number of pyridine rings is 1. The Bertz CT molecular complexity index is 1040. The number of aromatic nitrogens is 2. The SMILES string of the molecule is C[C@H](CCc1ccccc1)NC(=O)CCC(=O)N1CCCN(c2nc3cccnc3s2)CC1. The fourth-order valence-corrected chi connectivity index (χ4v) is 5.04. The van der Waals surface area contributed by atoms with Gasteiger partial charge in [-0.3, -0.25) is 9.59 Å². The predicted octanol–water partition coefficient (Wildman–Crippen LogP) is 3.65. The van der Waals surface area contributed by atoms with Crippen LogP contribution in [0.2, 0.25) is 0 Å². The Morgan fingerprint density at radius 1 is 1.06 bits per heavy atom. The zero-order valence-electron chi connectivity index (χ0n) is 19.1. The third-order valence-electron chi connectivity index (χ3n) is 5.96. The first-order valence-corrected chi connectivity index (χ1v) is 12.5. The molecule has 7 nitrogen and oxygen atoms in total. The van der Waals surface area contributed by atoms with Crippen molar-refractivity contribution in [2.24, 2.45) is 0 Å². The van der Waals surface area contributed by atoms with Crippen LogP contribution in [-0.4, -0.2) is 58.9 Å². The van der Waals surface area contributed by atoms with Crippen molar-refractivity contribution in [2.45, 2.75) is 45.1 Å². The van der Waals surface area contributed by atoms with Crippen molar-refractivity contribution < 1.29 is 9.59 Å². The fraction of sp³-hybridized carbons (Fsp3) is 0.440. The van der Waals surface area contributed by atoms with E-state index in [4.69, 9.17) is 4.98 Å². The van der Waals surface area contributed by atoms with Crippen molar-refractivity contribution in [1.29, 1.82) is 0 Å². The van der Waals surface area contributed by atoms with Gasteiger partial charge in [0.25, 0.3) is 0 Å². The third kappa shape index (κ3) is 6.51. The maximum absolute atomic E-state index is 12.7. The van der Waals surface area contributed by atoms with E-state index < -0.39 is 0 Å². The Kier molecular flexibility index (Phi) is 7.88. The van der Waals surface area contributed by atoms with Gasteiger partial charge in [0.2, 0.25) is 11.8 Å². The van der Waals surface area contributed by atoms with E-state index in [1.807, 2.05) is 42.2 Å². The van der Waals surface area contributed by atoms with Gasteiger partial charge in [0, 0.05) is 51.3 Å². The highest BCUT2D eigenvalue weighted by Gasteiger charge is 2.22. The largest absolute Gasteiger partial charge is 0.354 e. The van der Waals surface area contributed by atoms with Gasteiger partial charge in [0.15, 0.2) is 5.13 Å². The van der Waals surface area contributed by atoms with E-state index >= 15 is 0 Å². The highest BCUT2D eigenvalue weighted by atomic mass is 32.1. The topological polar surface area (TPSA) is 78.4 Å². The van der Waals surface area contributed by atoms with Gasteiger partial charge in [-0.25, -0.2) is 9.97 Å². The minimum absolute atomic E-state index is 0.0508. The van der Waals surface area contributed by atoms with Gasteiger partial charge in [-0.05, 0) is 43.9 Å². The summed E-state index contributed by atoms with van der Waals surface area (Å²) >= 11 is 1.59.